The second-order valence-electron chi connectivity index (χ2n) is 8.79. The van der Waals surface area contributed by atoms with Crippen LogP contribution in [0.1, 0.15) is 22.5 Å². The highest BCUT2D eigenvalue weighted by atomic mass is 32.1. The van der Waals surface area contributed by atoms with Crippen LogP contribution in [0.2, 0.25) is 0 Å². The fraction of sp³-hybridized carbons (Fsp3) is 0.100. The lowest BCUT2D eigenvalue weighted by atomic mass is 10.1. The van der Waals surface area contributed by atoms with Crippen LogP contribution >= 0.6 is 12.2 Å². The fourth-order valence-corrected chi connectivity index (χ4v) is 4.90. The largest absolute Gasteiger partial charge is 0.318 e. The SMILES string of the molecule is Cc1ccc(-n2c(C)cc(C=C3C(=O)N(c4ccccc4)C(=S)N(c4ccccc4)C3=O)c2C)cc1. The Bertz CT molecular complexity index is 1440. The molecule has 6 heteroatoms. The minimum Gasteiger partial charge on any atom is -0.318 e. The molecule has 2 heterocycles. The molecule has 36 heavy (non-hydrogen) atoms. The summed E-state index contributed by atoms with van der Waals surface area (Å²) < 4.78 is 2.12. The Morgan fingerprint density at radius 2 is 1.17 bits per heavy atom. The molecule has 5 rings (SSSR count). The summed E-state index contributed by atoms with van der Waals surface area (Å²) in [6.45, 7) is 6.06. The number of anilines is 2. The van der Waals surface area contributed by atoms with Crippen LogP contribution in [0.15, 0.2) is 96.6 Å². The highest BCUT2D eigenvalue weighted by Gasteiger charge is 2.41. The van der Waals surface area contributed by atoms with Crippen LogP contribution in [0.25, 0.3) is 11.8 Å². The molecule has 3 aromatic carbocycles. The van der Waals surface area contributed by atoms with Gasteiger partial charge in [-0.3, -0.25) is 19.4 Å². The molecule has 1 aromatic heterocycles. The van der Waals surface area contributed by atoms with E-state index in [9.17, 15) is 9.59 Å². The Morgan fingerprint density at radius 1 is 0.667 bits per heavy atom. The molecular formula is C30H25N3O2S. The monoisotopic (exact) mass is 491 g/mol. The van der Waals surface area contributed by atoms with E-state index in [1.54, 1.807) is 6.08 Å². The third-order valence-corrected chi connectivity index (χ3v) is 6.71. The van der Waals surface area contributed by atoms with Gasteiger partial charge in [0.2, 0.25) is 0 Å². The predicted octanol–water partition coefficient (Wildman–Crippen LogP) is 6.15. The zero-order chi connectivity index (χ0) is 25.4. The van der Waals surface area contributed by atoms with Crippen LogP contribution in [-0.4, -0.2) is 21.5 Å². The van der Waals surface area contributed by atoms with E-state index in [0.29, 0.717) is 11.4 Å². The molecule has 1 saturated heterocycles. The van der Waals surface area contributed by atoms with Crippen LogP contribution in [0.4, 0.5) is 11.4 Å². The van der Waals surface area contributed by atoms with Crippen LogP contribution in [0, 0.1) is 20.8 Å². The Labute approximate surface area is 215 Å². The van der Waals surface area contributed by atoms with Crippen molar-refractivity contribution in [2.75, 3.05) is 9.80 Å². The molecule has 0 N–H and O–H groups in total. The molecule has 4 aromatic rings. The topological polar surface area (TPSA) is 45.6 Å². The van der Waals surface area contributed by atoms with Gasteiger partial charge in [0.05, 0.1) is 11.4 Å². The summed E-state index contributed by atoms with van der Waals surface area (Å²) in [6.07, 6.45) is 1.69. The lowest BCUT2D eigenvalue weighted by molar-refractivity contribution is -0.120. The second kappa shape index (κ2) is 9.40. The van der Waals surface area contributed by atoms with Crippen LogP contribution in [0.3, 0.4) is 0 Å². The van der Waals surface area contributed by atoms with Gasteiger partial charge in [0, 0.05) is 17.1 Å². The van der Waals surface area contributed by atoms with Crippen molar-refractivity contribution in [3.8, 4) is 5.69 Å². The average Bonchev–Trinajstić information content (AvgIpc) is 3.16. The molecule has 0 radical (unpaired) electrons. The third-order valence-electron chi connectivity index (χ3n) is 6.34. The minimum atomic E-state index is -0.441. The van der Waals surface area contributed by atoms with Gasteiger partial charge in [0.25, 0.3) is 11.8 Å². The Hall–Kier alpha value is -4.29. The summed E-state index contributed by atoms with van der Waals surface area (Å²) in [5, 5.41) is 0.129. The van der Waals surface area contributed by atoms with Crippen molar-refractivity contribution in [3.05, 3.63) is 119 Å². The highest BCUT2D eigenvalue weighted by molar-refractivity contribution is 7.81. The Balaban J connectivity index is 1.65. The zero-order valence-electron chi connectivity index (χ0n) is 20.3. The van der Waals surface area contributed by atoms with Crippen molar-refractivity contribution >= 4 is 46.6 Å². The average molecular weight is 492 g/mol. The Kier molecular flexibility index (Phi) is 6.12. The van der Waals surface area contributed by atoms with Crippen LogP contribution < -0.4 is 9.80 Å². The molecule has 5 nitrogen and oxygen atoms in total. The number of carbonyl (C=O) groups is 2. The van der Waals surface area contributed by atoms with E-state index in [0.717, 1.165) is 22.6 Å². The van der Waals surface area contributed by atoms with Crippen molar-refractivity contribution < 1.29 is 9.59 Å². The van der Waals surface area contributed by atoms with Gasteiger partial charge < -0.3 is 4.57 Å². The summed E-state index contributed by atoms with van der Waals surface area (Å²) >= 11 is 5.69. The molecule has 0 unspecified atom stereocenters. The van der Waals surface area contributed by atoms with E-state index in [2.05, 4.69) is 35.8 Å². The molecule has 0 atom stereocenters. The summed E-state index contributed by atoms with van der Waals surface area (Å²) in [7, 11) is 0. The number of hydrogen-bond donors (Lipinski definition) is 0. The smallest absolute Gasteiger partial charge is 0.270 e. The highest BCUT2D eigenvalue weighted by Crippen LogP contribution is 2.31. The molecular weight excluding hydrogens is 466 g/mol. The maximum Gasteiger partial charge on any atom is 0.270 e. The first-order valence-corrected chi connectivity index (χ1v) is 12.1. The number of hydrogen-bond acceptors (Lipinski definition) is 3. The molecule has 1 fully saturated rings. The standard InChI is InChI=1S/C30H25N3O2S/c1-20-14-16-26(17-15-20)31-21(2)18-23(22(31)3)19-27-28(34)32(24-10-6-4-7-11-24)30(36)33(29(27)35)25-12-8-5-9-13-25/h4-19H,1-3H3. The maximum absolute atomic E-state index is 13.8. The zero-order valence-corrected chi connectivity index (χ0v) is 21.1. The van der Waals surface area contributed by atoms with E-state index < -0.39 is 11.8 Å². The predicted molar refractivity (Wildman–Crippen MR) is 148 cm³/mol. The van der Waals surface area contributed by atoms with Gasteiger partial charge >= 0.3 is 0 Å². The number of aromatic nitrogens is 1. The summed E-state index contributed by atoms with van der Waals surface area (Å²) in [6, 6.07) is 28.6. The first kappa shape index (κ1) is 23.5. The maximum atomic E-state index is 13.8. The lowest BCUT2D eigenvalue weighted by Crippen LogP contribution is -2.56. The number of benzene rings is 3. The second-order valence-corrected chi connectivity index (χ2v) is 9.16. The first-order valence-electron chi connectivity index (χ1n) is 11.7. The number of nitrogens with zero attached hydrogens (tertiary/aromatic N) is 3. The summed E-state index contributed by atoms with van der Waals surface area (Å²) in [5.41, 5.74) is 6.23. The van der Waals surface area contributed by atoms with Gasteiger partial charge in [-0.05, 0) is 87.1 Å². The van der Waals surface area contributed by atoms with Gasteiger partial charge in [-0.1, -0.05) is 54.1 Å². The third kappa shape index (κ3) is 4.06. The van der Waals surface area contributed by atoms with Gasteiger partial charge in [0.1, 0.15) is 5.57 Å². The summed E-state index contributed by atoms with van der Waals surface area (Å²) in [4.78, 5) is 30.4. The number of aryl methyl sites for hydroxylation is 2. The van der Waals surface area contributed by atoms with Crippen molar-refractivity contribution in [2.45, 2.75) is 20.8 Å². The molecule has 0 spiro atoms. The van der Waals surface area contributed by atoms with Crippen molar-refractivity contribution in [3.63, 3.8) is 0 Å². The van der Waals surface area contributed by atoms with Gasteiger partial charge in [-0.2, -0.15) is 0 Å². The molecule has 2 amide bonds. The molecule has 0 aliphatic carbocycles. The van der Waals surface area contributed by atoms with Crippen LogP contribution in [0.5, 0.6) is 0 Å². The van der Waals surface area contributed by atoms with Gasteiger partial charge in [-0.25, -0.2) is 0 Å². The molecule has 1 aliphatic rings. The van der Waals surface area contributed by atoms with Crippen molar-refractivity contribution in [1.29, 1.82) is 0 Å². The van der Waals surface area contributed by atoms with Crippen molar-refractivity contribution in [2.24, 2.45) is 0 Å². The molecule has 1 aliphatic heterocycles. The molecule has 178 valence electrons. The van der Waals surface area contributed by atoms with Gasteiger partial charge in [0.15, 0.2) is 5.11 Å². The molecule has 0 bridgehead atoms. The van der Waals surface area contributed by atoms with Crippen LogP contribution in [-0.2, 0) is 9.59 Å². The Morgan fingerprint density at radius 3 is 1.67 bits per heavy atom. The lowest BCUT2D eigenvalue weighted by Gasteiger charge is -2.36. The molecule has 0 saturated carbocycles. The number of para-hydroxylation sites is 2. The fourth-order valence-electron chi connectivity index (χ4n) is 4.52. The number of carbonyl (C=O) groups excluding carboxylic acids is 2. The van der Waals surface area contributed by atoms with E-state index in [-0.39, 0.29) is 10.7 Å². The van der Waals surface area contributed by atoms with E-state index in [4.69, 9.17) is 12.2 Å². The summed E-state index contributed by atoms with van der Waals surface area (Å²) in [5.74, 6) is -0.882. The number of thiocarbonyl (C=S) groups is 1. The minimum absolute atomic E-state index is 0.0560. The quantitative estimate of drug-likeness (QED) is 0.195. The van der Waals surface area contributed by atoms with E-state index >= 15 is 0 Å². The normalized spacial score (nSPS) is 14.0. The number of amides is 2. The van der Waals surface area contributed by atoms with E-state index in [1.807, 2.05) is 80.6 Å². The van der Waals surface area contributed by atoms with Crippen molar-refractivity contribution in [1.82, 2.24) is 4.57 Å². The van der Waals surface area contributed by atoms with Gasteiger partial charge in [-0.15, -0.1) is 0 Å². The van der Waals surface area contributed by atoms with E-state index in [1.165, 1.54) is 15.4 Å². The number of rotatable bonds is 4. The first-order chi connectivity index (χ1) is 17.4.